The van der Waals surface area contributed by atoms with Crippen LogP contribution in [-0.2, 0) is 11.2 Å². The molecule has 3 rings (SSSR count). The molecule has 0 spiro atoms. The van der Waals surface area contributed by atoms with Crippen LogP contribution >= 0.6 is 11.3 Å². The second-order valence-corrected chi connectivity index (χ2v) is 7.70. The second-order valence-electron chi connectivity index (χ2n) is 6.41. The first-order valence-corrected chi connectivity index (χ1v) is 9.64. The van der Waals surface area contributed by atoms with Crippen molar-refractivity contribution in [2.45, 2.75) is 32.6 Å². The maximum Gasteiger partial charge on any atom is 0.225 e. The number of aliphatic imine (C=N–C) groups is 1. The van der Waals surface area contributed by atoms with E-state index in [4.69, 9.17) is 0 Å². The summed E-state index contributed by atoms with van der Waals surface area (Å²) in [5, 5.41) is 10.7. The number of thiazole rings is 1. The summed E-state index contributed by atoms with van der Waals surface area (Å²) in [5.74, 6) is 0.965. The van der Waals surface area contributed by atoms with E-state index in [1.54, 1.807) is 18.4 Å². The lowest BCUT2D eigenvalue weighted by atomic mass is 9.90. The second kappa shape index (κ2) is 8.31. The first kappa shape index (κ1) is 18.4. The summed E-state index contributed by atoms with van der Waals surface area (Å²) in [6.07, 6.45) is 1.41. The molecule has 0 aliphatic carbocycles. The van der Waals surface area contributed by atoms with Crippen LogP contribution in [0.5, 0.6) is 0 Å². The Balaban J connectivity index is 1.53. The maximum atomic E-state index is 11.9. The smallest absolute Gasteiger partial charge is 0.225 e. The highest BCUT2D eigenvalue weighted by atomic mass is 32.1. The third kappa shape index (κ3) is 4.40. The summed E-state index contributed by atoms with van der Waals surface area (Å²) >= 11 is 1.75. The number of guanidine groups is 1. The zero-order valence-corrected chi connectivity index (χ0v) is 16.2. The van der Waals surface area contributed by atoms with E-state index in [2.05, 4.69) is 38.9 Å². The normalized spacial score (nSPS) is 16.8. The molecule has 1 amide bonds. The lowest BCUT2D eigenvalue weighted by Gasteiger charge is -2.26. The number of fused-ring (bicyclic) bond motifs is 1. The Bertz CT molecular complexity index is 814. The minimum Gasteiger partial charge on any atom is -0.356 e. The first-order chi connectivity index (χ1) is 12.6. The van der Waals surface area contributed by atoms with Gasteiger partial charge in [-0.25, -0.2) is 4.98 Å². The molecule has 1 unspecified atom stereocenters. The number of carbonyl (C=O) groups excluding carboxylic acids is 1. The molecule has 0 bridgehead atoms. The number of aromatic nitrogens is 1. The van der Waals surface area contributed by atoms with Crippen molar-refractivity contribution in [2.75, 3.05) is 25.5 Å². The zero-order valence-electron chi connectivity index (χ0n) is 15.4. The van der Waals surface area contributed by atoms with Gasteiger partial charge in [-0.2, -0.15) is 0 Å². The molecule has 2 heterocycles. The number of hydrogen-bond donors (Lipinski definition) is 3. The Morgan fingerprint density at radius 3 is 2.88 bits per heavy atom. The van der Waals surface area contributed by atoms with Crippen molar-refractivity contribution in [3.05, 3.63) is 45.4 Å². The molecule has 3 N–H and O–H groups in total. The molecule has 0 saturated carbocycles. The fourth-order valence-electron chi connectivity index (χ4n) is 3.22. The fourth-order valence-corrected chi connectivity index (χ4v) is 4.16. The van der Waals surface area contributed by atoms with E-state index in [9.17, 15) is 4.79 Å². The van der Waals surface area contributed by atoms with Crippen LogP contribution < -0.4 is 16.0 Å². The topological polar surface area (TPSA) is 78.4 Å². The summed E-state index contributed by atoms with van der Waals surface area (Å²) in [6.45, 7) is 5.55. The molecule has 138 valence electrons. The molecule has 1 aromatic carbocycles. The van der Waals surface area contributed by atoms with E-state index >= 15 is 0 Å². The standard InChI is InChI=1S/C19H25N5OS/c1-12-17(26-13(2)23-12)8-9-21-19(20-3)22-11-14-10-18(25)24-16-7-5-4-6-15(14)16/h4-7,14H,8-11H2,1-3H3,(H,24,25)(H2,20,21,22). The number of amides is 1. The van der Waals surface area contributed by atoms with Crippen LogP contribution in [0.1, 0.15) is 33.5 Å². The van der Waals surface area contributed by atoms with Gasteiger partial charge in [-0.15, -0.1) is 11.3 Å². The van der Waals surface area contributed by atoms with Crippen molar-refractivity contribution in [3.8, 4) is 0 Å². The minimum atomic E-state index is 0.0643. The largest absolute Gasteiger partial charge is 0.356 e. The molecule has 0 saturated heterocycles. The predicted molar refractivity (Wildman–Crippen MR) is 107 cm³/mol. The van der Waals surface area contributed by atoms with Gasteiger partial charge in [-0.1, -0.05) is 18.2 Å². The van der Waals surface area contributed by atoms with Crippen LogP contribution in [0.3, 0.4) is 0 Å². The lowest BCUT2D eigenvalue weighted by molar-refractivity contribution is -0.116. The number of para-hydroxylation sites is 1. The predicted octanol–water partition coefficient (Wildman–Crippen LogP) is 2.59. The highest BCUT2D eigenvalue weighted by molar-refractivity contribution is 7.11. The van der Waals surface area contributed by atoms with Gasteiger partial charge in [0.25, 0.3) is 0 Å². The summed E-state index contributed by atoms with van der Waals surface area (Å²) in [5.41, 5.74) is 3.20. The highest BCUT2D eigenvalue weighted by Crippen LogP contribution is 2.31. The molecule has 7 heteroatoms. The van der Waals surface area contributed by atoms with Gasteiger partial charge in [0.1, 0.15) is 0 Å². The summed E-state index contributed by atoms with van der Waals surface area (Å²) in [4.78, 5) is 22.0. The van der Waals surface area contributed by atoms with Gasteiger partial charge < -0.3 is 16.0 Å². The van der Waals surface area contributed by atoms with Crippen molar-refractivity contribution in [2.24, 2.45) is 4.99 Å². The number of nitrogens with zero attached hydrogens (tertiary/aromatic N) is 2. The number of nitrogens with one attached hydrogen (secondary N) is 3. The Kier molecular flexibility index (Phi) is 5.88. The van der Waals surface area contributed by atoms with Gasteiger partial charge >= 0.3 is 0 Å². The van der Waals surface area contributed by atoms with Crippen LogP contribution in [-0.4, -0.2) is 37.0 Å². The highest BCUT2D eigenvalue weighted by Gasteiger charge is 2.24. The molecular weight excluding hydrogens is 346 g/mol. The third-order valence-electron chi connectivity index (χ3n) is 4.49. The average Bonchev–Trinajstić information content (AvgIpc) is 2.94. The molecule has 6 nitrogen and oxygen atoms in total. The van der Waals surface area contributed by atoms with Crippen molar-refractivity contribution < 1.29 is 4.79 Å². The average molecular weight is 372 g/mol. The number of aryl methyl sites for hydroxylation is 2. The van der Waals surface area contributed by atoms with Crippen LogP contribution in [0.15, 0.2) is 29.3 Å². The molecular formula is C19H25N5OS. The van der Waals surface area contributed by atoms with Crippen molar-refractivity contribution in [1.29, 1.82) is 0 Å². The molecule has 26 heavy (non-hydrogen) atoms. The zero-order chi connectivity index (χ0) is 18.5. The van der Waals surface area contributed by atoms with Gasteiger partial charge in [-0.3, -0.25) is 9.79 Å². The Hall–Kier alpha value is -2.41. The number of hydrogen-bond acceptors (Lipinski definition) is 4. The van der Waals surface area contributed by atoms with E-state index in [1.165, 1.54) is 10.4 Å². The maximum absolute atomic E-state index is 11.9. The van der Waals surface area contributed by atoms with Crippen LogP contribution in [0.2, 0.25) is 0 Å². The van der Waals surface area contributed by atoms with E-state index < -0.39 is 0 Å². The monoisotopic (exact) mass is 371 g/mol. The van der Waals surface area contributed by atoms with Crippen LogP contribution in [0.25, 0.3) is 0 Å². The van der Waals surface area contributed by atoms with Crippen LogP contribution in [0.4, 0.5) is 5.69 Å². The molecule has 1 aliphatic rings. The Morgan fingerprint density at radius 2 is 2.15 bits per heavy atom. The van der Waals surface area contributed by atoms with Crippen molar-refractivity contribution in [1.82, 2.24) is 15.6 Å². The lowest BCUT2D eigenvalue weighted by Crippen LogP contribution is -2.41. The van der Waals surface area contributed by atoms with E-state index in [1.807, 2.05) is 25.1 Å². The summed E-state index contributed by atoms with van der Waals surface area (Å²) in [7, 11) is 1.76. The van der Waals surface area contributed by atoms with Crippen LogP contribution in [0, 0.1) is 13.8 Å². The van der Waals surface area contributed by atoms with Gasteiger partial charge in [0, 0.05) is 49.5 Å². The van der Waals surface area contributed by atoms with E-state index in [0.29, 0.717) is 13.0 Å². The Morgan fingerprint density at radius 1 is 1.35 bits per heavy atom. The fraction of sp³-hybridized carbons (Fsp3) is 0.421. The SMILES string of the molecule is CN=C(NCCc1sc(C)nc1C)NCC1CC(=O)Nc2ccccc21. The van der Waals surface area contributed by atoms with Gasteiger partial charge in [0.05, 0.1) is 10.7 Å². The molecule has 1 aliphatic heterocycles. The van der Waals surface area contributed by atoms with E-state index in [-0.39, 0.29) is 11.8 Å². The number of rotatable bonds is 5. The molecule has 2 aromatic rings. The third-order valence-corrected chi connectivity index (χ3v) is 5.62. The number of benzene rings is 1. The van der Waals surface area contributed by atoms with Gasteiger partial charge in [-0.05, 0) is 25.5 Å². The number of carbonyl (C=O) groups is 1. The van der Waals surface area contributed by atoms with Crippen molar-refractivity contribution in [3.63, 3.8) is 0 Å². The summed E-state index contributed by atoms with van der Waals surface area (Å²) < 4.78 is 0. The Labute approximate surface area is 158 Å². The minimum absolute atomic E-state index is 0.0643. The molecule has 0 fully saturated rings. The first-order valence-electron chi connectivity index (χ1n) is 8.83. The van der Waals surface area contributed by atoms with Gasteiger partial charge in [0.15, 0.2) is 5.96 Å². The quantitative estimate of drug-likeness (QED) is 0.558. The molecule has 0 radical (unpaired) electrons. The van der Waals surface area contributed by atoms with Crippen molar-refractivity contribution >= 4 is 28.9 Å². The number of anilines is 1. The molecule has 1 atom stereocenters. The van der Waals surface area contributed by atoms with E-state index in [0.717, 1.165) is 35.3 Å². The molecule has 1 aromatic heterocycles. The van der Waals surface area contributed by atoms with Gasteiger partial charge in [0.2, 0.25) is 5.91 Å². The summed E-state index contributed by atoms with van der Waals surface area (Å²) in [6, 6.07) is 7.98.